The van der Waals surface area contributed by atoms with Crippen LogP contribution in [0.15, 0.2) is 47.4 Å². The van der Waals surface area contributed by atoms with Gasteiger partial charge in [0, 0.05) is 7.05 Å². The van der Waals surface area contributed by atoms with E-state index in [4.69, 9.17) is 11.6 Å². The molecule has 10 heteroatoms. The summed E-state index contributed by atoms with van der Waals surface area (Å²) in [7, 11) is -2.84. The van der Waals surface area contributed by atoms with Crippen LogP contribution in [0.5, 0.6) is 0 Å². The molecule has 0 aliphatic heterocycles. The Balaban J connectivity index is 1.92. The number of alkyl halides is 3. The number of fused-ring (bicyclic) bond motifs is 1. The number of hydrogen-bond acceptors (Lipinski definition) is 4. The lowest BCUT2D eigenvalue weighted by molar-refractivity contribution is -0.137. The van der Waals surface area contributed by atoms with Crippen molar-refractivity contribution < 1.29 is 21.6 Å². The number of sulfonamides is 1. The Labute approximate surface area is 156 Å². The van der Waals surface area contributed by atoms with Crippen LogP contribution in [0.1, 0.15) is 10.6 Å². The van der Waals surface area contributed by atoms with Gasteiger partial charge in [-0.3, -0.25) is 0 Å². The van der Waals surface area contributed by atoms with Crippen LogP contribution in [0, 0.1) is 0 Å². The van der Waals surface area contributed by atoms with Gasteiger partial charge in [0.15, 0.2) is 0 Å². The fraction of sp³-hybridized carbons (Fsp3) is 0.188. The van der Waals surface area contributed by atoms with E-state index in [0.717, 1.165) is 26.7 Å². The third-order valence-corrected chi connectivity index (χ3v) is 6.80. The van der Waals surface area contributed by atoms with E-state index in [1.54, 1.807) is 6.07 Å². The van der Waals surface area contributed by atoms with Crippen molar-refractivity contribution in [3.8, 4) is 0 Å². The minimum absolute atomic E-state index is 0.0499. The number of benzene rings is 2. The summed E-state index contributed by atoms with van der Waals surface area (Å²) in [6, 6.07) is 9.87. The van der Waals surface area contributed by atoms with E-state index in [-0.39, 0.29) is 6.54 Å². The Bertz CT molecular complexity index is 1030. The molecule has 0 aliphatic rings. The van der Waals surface area contributed by atoms with Crippen LogP contribution in [0.25, 0.3) is 10.2 Å². The Hall–Kier alpha value is -1.68. The van der Waals surface area contributed by atoms with Crippen molar-refractivity contribution in [2.24, 2.45) is 0 Å². The SMILES string of the molecule is CN(Cc1nc2ccccc2s1)S(=O)(=O)c1ccc(Cl)c(C(F)(F)F)c1. The molecule has 1 heterocycles. The molecule has 0 fully saturated rings. The summed E-state index contributed by atoms with van der Waals surface area (Å²) in [5.41, 5.74) is -0.447. The van der Waals surface area contributed by atoms with Crippen LogP contribution in [0.4, 0.5) is 13.2 Å². The molecule has 0 amide bonds. The lowest BCUT2D eigenvalue weighted by Crippen LogP contribution is -2.26. The van der Waals surface area contributed by atoms with E-state index >= 15 is 0 Å². The van der Waals surface area contributed by atoms with Crippen molar-refractivity contribution in [2.45, 2.75) is 17.6 Å². The Kier molecular flexibility index (Phi) is 5.00. The minimum atomic E-state index is -4.74. The summed E-state index contributed by atoms with van der Waals surface area (Å²) < 4.78 is 66.1. The molecule has 0 unspecified atom stereocenters. The van der Waals surface area contributed by atoms with Crippen molar-refractivity contribution in [2.75, 3.05) is 7.05 Å². The molecule has 2 aromatic carbocycles. The quantitative estimate of drug-likeness (QED) is 0.609. The van der Waals surface area contributed by atoms with Gasteiger partial charge in [-0.25, -0.2) is 13.4 Å². The lowest BCUT2D eigenvalue weighted by Gasteiger charge is -2.17. The molecule has 0 radical (unpaired) electrons. The largest absolute Gasteiger partial charge is 0.417 e. The van der Waals surface area contributed by atoms with Crippen molar-refractivity contribution in [3.05, 3.63) is 58.1 Å². The van der Waals surface area contributed by atoms with Crippen LogP contribution < -0.4 is 0 Å². The molecule has 0 saturated heterocycles. The molecule has 0 atom stereocenters. The molecule has 4 nitrogen and oxygen atoms in total. The van der Waals surface area contributed by atoms with Crippen molar-refractivity contribution in [1.29, 1.82) is 0 Å². The zero-order valence-corrected chi connectivity index (χ0v) is 15.7. The molecule has 0 spiro atoms. The van der Waals surface area contributed by atoms with Gasteiger partial charge in [0.2, 0.25) is 10.0 Å². The van der Waals surface area contributed by atoms with Crippen molar-refractivity contribution in [3.63, 3.8) is 0 Å². The number of thiazole rings is 1. The molecule has 1 aromatic heterocycles. The predicted molar refractivity (Wildman–Crippen MR) is 94.7 cm³/mol. The first-order chi connectivity index (χ1) is 12.1. The smallest absolute Gasteiger partial charge is 0.240 e. The maximum atomic E-state index is 13.0. The second-order valence-corrected chi connectivity index (χ2v) is 9.04. The molecule has 0 saturated carbocycles. The number of hydrogen-bond donors (Lipinski definition) is 0. The lowest BCUT2D eigenvalue weighted by atomic mass is 10.2. The molecule has 138 valence electrons. The first kappa shape index (κ1) is 19.1. The number of rotatable bonds is 4. The standard InChI is InChI=1S/C16H12ClF3N2O2S2/c1-22(9-15-21-13-4-2-3-5-14(13)25-15)26(23,24)10-6-7-12(17)11(8-10)16(18,19)20/h2-8H,9H2,1H3. The average Bonchev–Trinajstić information content (AvgIpc) is 2.96. The number of halogens is 4. The summed E-state index contributed by atoms with van der Waals surface area (Å²) >= 11 is 6.88. The van der Waals surface area contributed by atoms with Crippen LogP contribution in [0.3, 0.4) is 0 Å². The molecule has 0 aliphatic carbocycles. The topological polar surface area (TPSA) is 50.3 Å². The van der Waals surface area contributed by atoms with E-state index in [1.807, 2.05) is 18.2 Å². The van der Waals surface area contributed by atoms with E-state index in [9.17, 15) is 21.6 Å². The summed E-state index contributed by atoms with van der Waals surface area (Å²) in [6.45, 7) is -0.0499. The summed E-state index contributed by atoms with van der Waals surface area (Å²) in [6.07, 6.45) is -4.74. The van der Waals surface area contributed by atoms with E-state index in [1.165, 1.54) is 18.4 Å². The van der Waals surface area contributed by atoms with E-state index < -0.39 is 31.7 Å². The monoisotopic (exact) mass is 420 g/mol. The van der Waals surface area contributed by atoms with Gasteiger partial charge in [0.25, 0.3) is 0 Å². The van der Waals surface area contributed by atoms with Crippen molar-refractivity contribution >= 4 is 43.2 Å². The zero-order valence-electron chi connectivity index (χ0n) is 13.3. The molecule has 26 heavy (non-hydrogen) atoms. The average molecular weight is 421 g/mol. The van der Waals surface area contributed by atoms with Gasteiger partial charge in [0.1, 0.15) is 5.01 Å². The van der Waals surface area contributed by atoms with Gasteiger partial charge in [-0.15, -0.1) is 11.3 Å². The summed E-state index contributed by atoms with van der Waals surface area (Å²) in [5, 5.41) is -0.00689. The van der Waals surface area contributed by atoms with Gasteiger partial charge in [0.05, 0.1) is 32.2 Å². The second-order valence-electron chi connectivity index (χ2n) is 5.48. The molecule has 3 aromatic rings. The molecule has 0 bridgehead atoms. The first-order valence-electron chi connectivity index (χ1n) is 7.26. The maximum Gasteiger partial charge on any atom is 0.417 e. The summed E-state index contributed by atoms with van der Waals surface area (Å²) in [5.74, 6) is 0. The molecule has 0 N–H and O–H groups in total. The first-order valence-corrected chi connectivity index (χ1v) is 9.90. The highest BCUT2D eigenvalue weighted by Gasteiger charge is 2.35. The van der Waals surface area contributed by atoms with E-state index in [2.05, 4.69) is 4.98 Å². The van der Waals surface area contributed by atoms with Crippen LogP contribution in [0.2, 0.25) is 5.02 Å². The fourth-order valence-electron chi connectivity index (χ4n) is 2.33. The van der Waals surface area contributed by atoms with Gasteiger partial charge < -0.3 is 0 Å². The molecule has 3 rings (SSSR count). The Morgan fingerprint density at radius 1 is 1.19 bits per heavy atom. The molecular weight excluding hydrogens is 409 g/mol. The van der Waals surface area contributed by atoms with Crippen molar-refractivity contribution in [1.82, 2.24) is 9.29 Å². The number of para-hydroxylation sites is 1. The van der Waals surface area contributed by atoms with Gasteiger partial charge in [-0.05, 0) is 30.3 Å². The Morgan fingerprint density at radius 2 is 1.88 bits per heavy atom. The highest BCUT2D eigenvalue weighted by Crippen LogP contribution is 2.36. The number of nitrogens with zero attached hydrogens (tertiary/aromatic N) is 2. The van der Waals surface area contributed by atoms with E-state index in [0.29, 0.717) is 11.1 Å². The predicted octanol–water partition coefficient (Wildman–Crippen LogP) is 4.79. The zero-order chi connectivity index (χ0) is 19.1. The summed E-state index contributed by atoms with van der Waals surface area (Å²) in [4.78, 5) is 3.87. The normalized spacial score (nSPS) is 12.8. The maximum absolute atomic E-state index is 13.0. The second kappa shape index (κ2) is 6.80. The number of aromatic nitrogens is 1. The van der Waals surface area contributed by atoms with Gasteiger partial charge in [-0.1, -0.05) is 23.7 Å². The minimum Gasteiger partial charge on any atom is -0.240 e. The van der Waals surface area contributed by atoms with Gasteiger partial charge >= 0.3 is 6.18 Å². The third-order valence-electron chi connectivity index (χ3n) is 3.65. The van der Waals surface area contributed by atoms with Crippen LogP contribution in [-0.4, -0.2) is 24.8 Å². The van der Waals surface area contributed by atoms with Crippen LogP contribution >= 0.6 is 22.9 Å². The van der Waals surface area contributed by atoms with Gasteiger partial charge in [-0.2, -0.15) is 17.5 Å². The third kappa shape index (κ3) is 3.71. The molecular formula is C16H12ClF3N2O2S2. The highest BCUT2D eigenvalue weighted by molar-refractivity contribution is 7.89. The Morgan fingerprint density at radius 3 is 2.54 bits per heavy atom. The fourth-order valence-corrected chi connectivity index (χ4v) is 4.81. The highest BCUT2D eigenvalue weighted by atomic mass is 35.5. The van der Waals surface area contributed by atoms with Crippen LogP contribution in [-0.2, 0) is 22.7 Å².